The lowest BCUT2D eigenvalue weighted by molar-refractivity contribution is 0.564. The third-order valence-corrected chi connectivity index (χ3v) is 2.97. The van der Waals surface area contributed by atoms with Gasteiger partial charge in [-0.25, -0.2) is 5.43 Å². The van der Waals surface area contributed by atoms with Crippen LogP contribution in [0, 0.1) is 0 Å². The lowest BCUT2D eigenvalue weighted by Crippen LogP contribution is -2.28. The number of hydrogen-bond acceptors (Lipinski definition) is 3. The first-order valence-corrected chi connectivity index (χ1v) is 4.78. The van der Waals surface area contributed by atoms with E-state index in [1.165, 1.54) is 11.3 Å². The highest BCUT2D eigenvalue weighted by Gasteiger charge is 2.21. The molecule has 2 unspecified atom stereocenters. The summed E-state index contributed by atoms with van der Waals surface area (Å²) in [4.78, 5) is 1.43. The molecule has 0 saturated carbocycles. The molecular weight excluding hydrogens is 156 g/mol. The van der Waals surface area contributed by atoms with Crippen LogP contribution in [0.5, 0.6) is 0 Å². The lowest BCUT2D eigenvalue weighted by Gasteiger charge is -2.04. The Labute approximate surface area is 70.6 Å². The number of nitrogens with one attached hydrogen (secondary N) is 2. The van der Waals surface area contributed by atoms with Gasteiger partial charge in [-0.05, 0) is 24.8 Å². The highest BCUT2D eigenvalue weighted by Crippen LogP contribution is 2.25. The van der Waals surface area contributed by atoms with Gasteiger partial charge in [-0.15, -0.1) is 11.3 Å². The van der Waals surface area contributed by atoms with Gasteiger partial charge >= 0.3 is 0 Å². The van der Waals surface area contributed by atoms with Crippen molar-refractivity contribution in [2.45, 2.75) is 25.4 Å². The summed E-state index contributed by atoms with van der Waals surface area (Å²) < 4.78 is 0. The highest BCUT2D eigenvalue weighted by atomic mass is 32.1. The summed E-state index contributed by atoms with van der Waals surface area (Å²) in [7, 11) is 0. The minimum atomic E-state index is 0.532. The lowest BCUT2D eigenvalue weighted by atomic mass is 10.1. The minimum Gasteiger partial charge on any atom is -0.254 e. The van der Waals surface area contributed by atoms with Crippen molar-refractivity contribution < 1.29 is 0 Å². The van der Waals surface area contributed by atoms with Gasteiger partial charge in [0.25, 0.3) is 0 Å². The molecule has 1 aliphatic heterocycles. The van der Waals surface area contributed by atoms with Crippen molar-refractivity contribution in [1.82, 2.24) is 10.9 Å². The van der Waals surface area contributed by atoms with Crippen molar-refractivity contribution in [2.24, 2.45) is 0 Å². The SMILES string of the molecule is CC1CC(c2cccs2)NN1. The average Bonchev–Trinajstić information content (AvgIpc) is 2.55. The monoisotopic (exact) mass is 168 g/mol. The maximum Gasteiger partial charge on any atom is 0.0570 e. The summed E-state index contributed by atoms with van der Waals surface area (Å²) in [6.07, 6.45) is 1.19. The van der Waals surface area contributed by atoms with E-state index in [1.54, 1.807) is 0 Å². The van der Waals surface area contributed by atoms with E-state index in [4.69, 9.17) is 0 Å². The summed E-state index contributed by atoms with van der Waals surface area (Å²) in [5, 5.41) is 2.12. The molecule has 2 heterocycles. The molecule has 2 atom stereocenters. The number of hydrogen-bond donors (Lipinski definition) is 2. The Morgan fingerprint density at radius 1 is 1.55 bits per heavy atom. The topological polar surface area (TPSA) is 24.1 Å². The maximum atomic E-state index is 3.27. The van der Waals surface area contributed by atoms with Crippen molar-refractivity contribution >= 4 is 11.3 Å². The summed E-state index contributed by atoms with van der Waals surface area (Å²) in [5.41, 5.74) is 6.48. The summed E-state index contributed by atoms with van der Waals surface area (Å²) in [6.45, 7) is 2.20. The van der Waals surface area contributed by atoms with Crippen LogP contribution in [0.3, 0.4) is 0 Å². The third kappa shape index (κ3) is 1.45. The van der Waals surface area contributed by atoms with Crippen LogP contribution in [0.15, 0.2) is 17.5 Å². The molecule has 0 radical (unpaired) electrons. The van der Waals surface area contributed by atoms with Crippen LogP contribution in [0.1, 0.15) is 24.3 Å². The molecular formula is C8H12N2S. The fourth-order valence-corrected chi connectivity index (χ4v) is 2.18. The van der Waals surface area contributed by atoms with E-state index in [9.17, 15) is 0 Å². The fraction of sp³-hybridized carbons (Fsp3) is 0.500. The van der Waals surface area contributed by atoms with Crippen molar-refractivity contribution in [3.05, 3.63) is 22.4 Å². The molecule has 0 aromatic carbocycles. The average molecular weight is 168 g/mol. The van der Waals surface area contributed by atoms with Gasteiger partial charge in [0.15, 0.2) is 0 Å². The zero-order valence-electron chi connectivity index (χ0n) is 6.50. The summed E-state index contributed by atoms with van der Waals surface area (Å²) in [6, 6.07) is 5.42. The number of thiophene rings is 1. The largest absolute Gasteiger partial charge is 0.254 e. The van der Waals surface area contributed by atoms with Gasteiger partial charge in [-0.2, -0.15) is 0 Å². The van der Waals surface area contributed by atoms with Gasteiger partial charge in [0, 0.05) is 10.9 Å². The molecule has 0 amide bonds. The van der Waals surface area contributed by atoms with E-state index in [1.807, 2.05) is 11.3 Å². The molecule has 2 rings (SSSR count). The van der Waals surface area contributed by atoms with Crippen LogP contribution in [-0.4, -0.2) is 6.04 Å². The van der Waals surface area contributed by atoms with Crippen molar-refractivity contribution in [2.75, 3.05) is 0 Å². The molecule has 0 aliphatic carbocycles. The van der Waals surface area contributed by atoms with E-state index in [0.29, 0.717) is 12.1 Å². The van der Waals surface area contributed by atoms with Gasteiger partial charge in [-0.1, -0.05) is 6.07 Å². The van der Waals surface area contributed by atoms with E-state index in [0.717, 1.165) is 0 Å². The Hall–Kier alpha value is -0.380. The zero-order chi connectivity index (χ0) is 7.68. The van der Waals surface area contributed by atoms with E-state index in [-0.39, 0.29) is 0 Å². The molecule has 60 valence electrons. The highest BCUT2D eigenvalue weighted by molar-refractivity contribution is 7.10. The Kier molecular flexibility index (Phi) is 1.94. The smallest absolute Gasteiger partial charge is 0.0570 e. The third-order valence-electron chi connectivity index (χ3n) is 1.98. The fourth-order valence-electron chi connectivity index (χ4n) is 1.39. The predicted molar refractivity (Wildman–Crippen MR) is 47.4 cm³/mol. The molecule has 2 N–H and O–H groups in total. The van der Waals surface area contributed by atoms with Crippen LogP contribution in [0.4, 0.5) is 0 Å². The molecule has 1 fully saturated rings. The molecule has 1 saturated heterocycles. The van der Waals surface area contributed by atoms with Crippen LogP contribution in [-0.2, 0) is 0 Å². The second-order valence-corrected chi connectivity index (χ2v) is 3.97. The molecule has 1 aromatic heterocycles. The first kappa shape index (κ1) is 7.28. The van der Waals surface area contributed by atoms with Crippen LogP contribution in [0.25, 0.3) is 0 Å². The molecule has 0 bridgehead atoms. The Morgan fingerprint density at radius 3 is 3.00 bits per heavy atom. The van der Waals surface area contributed by atoms with E-state index < -0.39 is 0 Å². The predicted octanol–water partition coefficient (Wildman–Crippen LogP) is 1.68. The molecule has 2 nitrogen and oxygen atoms in total. The number of rotatable bonds is 1. The maximum absolute atomic E-state index is 3.27. The second kappa shape index (κ2) is 2.93. The van der Waals surface area contributed by atoms with Gasteiger partial charge < -0.3 is 0 Å². The first-order chi connectivity index (χ1) is 5.36. The molecule has 0 spiro atoms. The normalized spacial score (nSPS) is 31.0. The van der Waals surface area contributed by atoms with Crippen molar-refractivity contribution in [3.63, 3.8) is 0 Å². The van der Waals surface area contributed by atoms with Crippen molar-refractivity contribution in [3.8, 4) is 0 Å². The van der Waals surface area contributed by atoms with Gasteiger partial charge in [0.1, 0.15) is 0 Å². The molecule has 3 heteroatoms. The Morgan fingerprint density at radius 2 is 2.45 bits per heavy atom. The van der Waals surface area contributed by atoms with Crippen LogP contribution in [0.2, 0.25) is 0 Å². The van der Waals surface area contributed by atoms with Crippen LogP contribution >= 0.6 is 11.3 Å². The van der Waals surface area contributed by atoms with Crippen molar-refractivity contribution in [1.29, 1.82) is 0 Å². The second-order valence-electron chi connectivity index (χ2n) is 2.99. The van der Waals surface area contributed by atoms with Gasteiger partial charge in [-0.3, -0.25) is 5.43 Å². The Bertz CT molecular complexity index is 220. The summed E-state index contributed by atoms with van der Waals surface area (Å²) in [5.74, 6) is 0. The Balaban J connectivity index is 2.08. The quantitative estimate of drug-likeness (QED) is 0.666. The van der Waals surface area contributed by atoms with Gasteiger partial charge in [0.2, 0.25) is 0 Å². The standard InChI is InChI=1S/C8H12N2S/c1-6-5-7(10-9-6)8-3-2-4-11-8/h2-4,6-7,9-10H,5H2,1H3. The molecule has 1 aliphatic rings. The first-order valence-electron chi connectivity index (χ1n) is 3.91. The van der Waals surface area contributed by atoms with Crippen LogP contribution < -0.4 is 10.9 Å². The zero-order valence-corrected chi connectivity index (χ0v) is 7.32. The number of hydrazine groups is 1. The van der Waals surface area contributed by atoms with E-state index >= 15 is 0 Å². The molecule has 1 aromatic rings. The molecule has 11 heavy (non-hydrogen) atoms. The van der Waals surface area contributed by atoms with Gasteiger partial charge in [0.05, 0.1) is 6.04 Å². The summed E-state index contributed by atoms with van der Waals surface area (Å²) >= 11 is 1.82. The van der Waals surface area contributed by atoms with E-state index in [2.05, 4.69) is 35.3 Å². The minimum absolute atomic E-state index is 0.532.